The molecule has 5 heteroatoms. The fourth-order valence-electron chi connectivity index (χ4n) is 1.77. The van der Waals surface area contributed by atoms with E-state index in [1.165, 1.54) is 0 Å². The molecule has 0 bridgehead atoms. The normalized spacial score (nSPS) is 19.6. The first-order valence-corrected chi connectivity index (χ1v) is 6.14. The highest BCUT2D eigenvalue weighted by atomic mass is 16.2. The van der Waals surface area contributed by atoms with Gasteiger partial charge < -0.3 is 15.5 Å². The maximum Gasteiger partial charge on any atom is 0.242 e. The van der Waals surface area contributed by atoms with Crippen LogP contribution in [0.25, 0.3) is 0 Å². The van der Waals surface area contributed by atoms with E-state index in [1.54, 1.807) is 4.90 Å². The van der Waals surface area contributed by atoms with Crippen molar-refractivity contribution in [1.82, 2.24) is 15.5 Å². The maximum absolute atomic E-state index is 12.0. The number of rotatable bonds is 4. The Kier molecular flexibility index (Phi) is 4.51. The zero-order chi connectivity index (χ0) is 13.1. The Hall–Kier alpha value is -1.10. The lowest BCUT2D eigenvalue weighted by atomic mass is 10.0. The van der Waals surface area contributed by atoms with Crippen molar-refractivity contribution >= 4 is 11.8 Å². The van der Waals surface area contributed by atoms with E-state index < -0.39 is 5.54 Å². The third-order valence-corrected chi connectivity index (χ3v) is 2.81. The van der Waals surface area contributed by atoms with Gasteiger partial charge in [-0.2, -0.15) is 0 Å². The van der Waals surface area contributed by atoms with Gasteiger partial charge in [-0.15, -0.1) is 0 Å². The van der Waals surface area contributed by atoms with Crippen LogP contribution in [0.2, 0.25) is 0 Å². The van der Waals surface area contributed by atoms with Crippen LogP contribution in [0.5, 0.6) is 0 Å². The molecule has 2 N–H and O–H groups in total. The van der Waals surface area contributed by atoms with E-state index in [4.69, 9.17) is 0 Å². The molecule has 0 spiro atoms. The van der Waals surface area contributed by atoms with Gasteiger partial charge in [0.15, 0.2) is 0 Å². The predicted octanol–water partition coefficient (Wildman–Crippen LogP) is -0.0310. The summed E-state index contributed by atoms with van der Waals surface area (Å²) in [6.45, 7) is 9.91. The minimum absolute atomic E-state index is 0.0107. The molecule has 1 fully saturated rings. The van der Waals surface area contributed by atoms with Crippen molar-refractivity contribution in [3.05, 3.63) is 0 Å². The quantitative estimate of drug-likeness (QED) is 0.726. The average molecular weight is 241 g/mol. The molecule has 0 aromatic heterocycles. The third-order valence-electron chi connectivity index (χ3n) is 2.81. The molecule has 0 atom stereocenters. The van der Waals surface area contributed by atoms with Gasteiger partial charge in [0.25, 0.3) is 0 Å². The summed E-state index contributed by atoms with van der Waals surface area (Å²) in [6, 6.07) is 0. The van der Waals surface area contributed by atoms with Crippen molar-refractivity contribution in [2.45, 2.75) is 33.2 Å². The third kappa shape index (κ3) is 4.00. The maximum atomic E-state index is 12.0. The number of hydrogen-bond acceptors (Lipinski definition) is 3. The van der Waals surface area contributed by atoms with Crippen molar-refractivity contribution in [3.8, 4) is 0 Å². The van der Waals surface area contributed by atoms with E-state index in [-0.39, 0.29) is 18.4 Å². The fraction of sp³-hybridized carbons (Fsp3) is 0.833. The summed E-state index contributed by atoms with van der Waals surface area (Å²) in [5, 5.41) is 5.96. The van der Waals surface area contributed by atoms with Gasteiger partial charge in [0.2, 0.25) is 11.8 Å². The highest BCUT2D eigenvalue weighted by Crippen LogP contribution is 2.11. The lowest BCUT2D eigenvalue weighted by molar-refractivity contribution is -0.143. The number of piperazine rings is 1. The molecule has 0 unspecified atom stereocenters. The van der Waals surface area contributed by atoms with E-state index in [0.29, 0.717) is 19.0 Å². The van der Waals surface area contributed by atoms with Gasteiger partial charge in [-0.25, -0.2) is 0 Å². The Morgan fingerprint density at radius 3 is 2.76 bits per heavy atom. The number of carbonyl (C=O) groups is 2. The zero-order valence-electron chi connectivity index (χ0n) is 11.2. The van der Waals surface area contributed by atoms with E-state index in [9.17, 15) is 9.59 Å². The topological polar surface area (TPSA) is 61.4 Å². The summed E-state index contributed by atoms with van der Waals surface area (Å²) in [5.74, 6) is 0.335. The average Bonchev–Trinajstić information content (AvgIpc) is 2.22. The van der Waals surface area contributed by atoms with E-state index in [1.807, 2.05) is 27.7 Å². The molecule has 1 aliphatic rings. The zero-order valence-corrected chi connectivity index (χ0v) is 11.2. The number of nitrogens with one attached hydrogen (secondary N) is 2. The lowest BCUT2D eigenvalue weighted by Gasteiger charge is -2.37. The Morgan fingerprint density at radius 1 is 1.53 bits per heavy atom. The second-order valence-electron chi connectivity index (χ2n) is 5.48. The van der Waals surface area contributed by atoms with Crippen LogP contribution in [0.4, 0.5) is 0 Å². The molecule has 0 saturated carbocycles. The highest BCUT2D eigenvalue weighted by Gasteiger charge is 2.35. The monoisotopic (exact) mass is 241 g/mol. The summed E-state index contributed by atoms with van der Waals surface area (Å²) in [7, 11) is 0. The summed E-state index contributed by atoms with van der Waals surface area (Å²) in [4.78, 5) is 25.3. The standard InChI is InChI=1S/C12H23N3O2/c1-9(2)7-13-10(16)8-15-6-5-14-12(3,4)11(15)17/h9,14H,5-8H2,1-4H3,(H,13,16). The summed E-state index contributed by atoms with van der Waals surface area (Å²) in [5.41, 5.74) is -0.559. The molecule has 0 aromatic rings. The van der Waals surface area contributed by atoms with Gasteiger partial charge >= 0.3 is 0 Å². The van der Waals surface area contributed by atoms with Crippen molar-refractivity contribution in [2.75, 3.05) is 26.2 Å². The van der Waals surface area contributed by atoms with E-state index in [0.717, 1.165) is 6.54 Å². The molecule has 2 amide bonds. The molecular formula is C12H23N3O2. The Bertz CT molecular complexity index is 300. The van der Waals surface area contributed by atoms with Crippen LogP contribution in [0.1, 0.15) is 27.7 Å². The molecule has 17 heavy (non-hydrogen) atoms. The van der Waals surface area contributed by atoms with Gasteiger partial charge in [0.05, 0.1) is 12.1 Å². The molecular weight excluding hydrogens is 218 g/mol. The lowest BCUT2D eigenvalue weighted by Crippen LogP contribution is -2.62. The largest absolute Gasteiger partial charge is 0.354 e. The smallest absolute Gasteiger partial charge is 0.242 e. The first-order chi connectivity index (χ1) is 7.83. The SMILES string of the molecule is CC(C)CNC(=O)CN1CCNC(C)(C)C1=O. The first-order valence-electron chi connectivity index (χ1n) is 6.14. The van der Waals surface area contributed by atoms with Crippen molar-refractivity contribution in [2.24, 2.45) is 5.92 Å². The highest BCUT2D eigenvalue weighted by molar-refractivity contribution is 5.90. The van der Waals surface area contributed by atoms with Crippen LogP contribution in [0.15, 0.2) is 0 Å². The molecule has 0 aliphatic carbocycles. The second-order valence-corrected chi connectivity index (χ2v) is 5.48. The summed E-state index contributed by atoms with van der Waals surface area (Å²) < 4.78 is 0. The minimum Gasteiger partial charge on any atom is -0.354 e. The fourth-order valence-corrected chi connectivity index (χ4v) is 1.77. The van der Waals surface area contributed by atoms with Gasteiger partial charge in [0.1, 0.15) is 0 Å². The molecule has 5 nitrogen and oxygen atoms in total. The first kappa shape index (κ1) is 14.0. The van der Waals surface area contributed by atoms with Crippen molar-refractivity contribution in [1.29, 1.82) is 0 Å². The molecule has 98 valence electrons. The summed E-state index contributed by atoms with van der Waals surface area (Å²) in [6.07, 6.45) is 0. The van der Waals surface area contributed by atoms with Gasteiger partial charge in [-0.1, -0.05) is 13.8 Å². The van der Waals surface area contributed by atoms with Crippen LogP contribution in [0.3, 0.4) is 0 Å². The number of amides is 2. The van der Waals surface area contributed by atoms with E-state index in [2.05, 4.69) is 10.6 Å². The van der Waals surface area contributed by atoms with Crippen LogP contribution < -0.4 is 10.6 Å². The number of nitrogens with zero attached hydrogens (tertiary/aromatic N) is 1. The van der Waals surface area contributed by atoms with E-state index >= 15 is 0 Å². The molecule has 1 heterocycles. The van der Waals surface area contributed by atoms with Gasteiger partial charge in [0, 0.05) is 19.6 Å². The molecule has 1 saturated heterocycles. The molecule has 0 radical (unpaired) electrons. The van der Waals surface area contributed by atoms with Gasteiger partial charge in [-0.3, -0.25) is 9.59 Å². The van der Waals surface area contributed by atoms with Crippen molar-refractivity contribution in [3.63, 3.8) is 0 Å². The second kappa shape index (κ2) is 5.49. The Morgan fingerprint density at radius 2 is 2.18 bits per heavy atom. The Balaban J connectivity index is 2.45. The molecule has 1 rings (SSSR count). The molecule has 1 aliphatic heterocycles. The van der Waals surface area contributed by atoms with Gasteiger partial charge in [-0.05, 0) is 19.8 Å². The van der Waals surface area contributed by atoms with Crippen molar-refractivity contribution < 1.29 is 9.59 Å². The minimum atomic E-state index is -0.559. The predicted molar refractivity (Wildman–Crippen MR) is 66.5 cm³/mol. The van der Waals surface area contributed by atoms with Crippen LogP contribution >= 0.6 is 0 Å². The Labute approximate surface area is 103 Å². The summed E-state index contributed by atoms with van der Waals surface area (Å²) >= 11 is 0. The number of hydrogen-bond donors (Lipinski definition) is 2. The van der Waals surface area contributed by atoms with Crippen LogP contribution in [0, 0.1) is 5.92 Å². The van der Waals surface area contributed by atoms with Crippen LogP contribution in [-0.2, 0) is 9.59 Å². The molecule has 0 aromatic carbocycles. The number of carbonyl (C=O) groups excluding carboxylic acids is 2. The van der Waals surface area contributed by atoms with Crippen LogP contribution in [-0.4, -0.2) is 48.4 Å².